The van der Waals surface area contributed by atoms with Crippen molar-refractivity contribution in [3.05, 3.63) is 41.2 Å². The van der Waals surface area contributed by atoms with Crippen LogP contribution < -0.4 is 5.73 Å². The van der Waals surface area contributed by atoms with Gasteiger partial charge >= 0.3 is 0 Å². The molecule has 2 aromatic heterocycles. The first-order valence-electron chi connectivity index (χ1n) is 6.03. The number of hydrogen-bond donors (Lipinski definition) is 2. The van der Waals surface area contributed by atoms with Crippen molar-refractivity contribution in [2.24, 2.45) is 0 Å². The summed E-state index contributed by atoms with van der Waals surface area (Å²) in [6.07, 6.45) is 0. The lowest BCUT2D eigenvalue weighted by Gasteiger charge is -2.02. The van der Waals surface area contributed by atoms with Gasteiger partial charge in [0.05, 0.1) is 16.6 Å². The van der Waals surface area contributed by atoms with Crippen molar-refractivity contribution < 1.29 is 8.78 Å². The van der Waals surface area contributed by atoms with Crippen LogP contribution in [-0.2, 0) is 0 Å². The summed E-state index contributed by atoms with van der Waals surface area (Å²) in [5.41, 5.74) is 6.29. The zero-order valence-corrected chi connectivity index (χ0v) is 10.9. The number of fused-ring (bicyclic) bond motifs is 1. The van der Waals surface area contributed by atoms with Crippen LogP contribution in [0.3, 0.4) is 0 Å². The molecular weight excluding hydrogens is 276 g/mol. The number of aryl methyl sites for hydroxylation is 1. The highest BCUT2D eigenvalue weighted by Gasteiger charge is 2.20. The van der Waals surface area contributed by atoms with E-state index >= 15 is 0 Å². The second kappa shape index (κ2) is 4.52. The number of nitrogens with one attached hydrogen (secondary N) is 1. The summed E-state index contributed by atoms with van der Waals surface area (Å²) in [7, 11) is 0. The maximum Gasteiger partial charge on any atom is 0.168 e. The van der Waals surface area contributed by atoms with Gasteiger partial charge in [0.1, 0.15) is 23.4 Å². The molecule has 3 rings (SSSR count). The summed E-state index contributed by atoms with van der Waals surface area (Å²) in [6.45, 7) is 1.64. The van der Waals surface area contributed by atoms with Crippen LogP contribution in [0.1, 0.15) is 11.4 Å². The zero-order valence-electron chi connectivity index (χ0n) is 10.9. The first kappa shape index (κ1) is 13.0. The van der Waals surface area contributed by atoms with Crippen molar-refractivity contribution in [2.75, 3.05) is 5.73 Å². The minimum Gasteiger partial charge on any atom is -0.383 e. The molecule has 0 saturated heterocycles. The highest BCUT2D eigenvalue weighted by atomic mass is 19.2. The maximum atomic E-state index is 13.9. The summed E-state index contributed by atoms with van der Waals surface area (Å²) in [6, 6.07) is 5.69. The molecule has 2 heterocycles. The van der Waals surface area contributed by atoms with Gasteiger partial charge in [-0.25, -0.2) is 18.7 Å². The Hall–Kier alpha value is -3.01. The minimum atomic E-state index is -1.04. The van der Waals surface area contributed by atoms with Crippen molar-refractivity contribution in [2.45, 2.75) is 6.92 Å². The Morgan fingerprint density at radius 2 is 2.05 bits per heavy atom. The van der Waals surface area contributed by atoms with Crippen LogP contribution in [0.2, 0.25) is 0 Å². The molecule has 3 aromatic rings. The number of anilines is 1. The monoisotopic (exact) mass is 285 g/mol. The third kappa shape index (κ3) is 1.89. The van der Waals surface area contributed by atoms with E-state index in [0.29, 0.717) is 16.9 Å². The Labute approximate surface area is 118 Å². The number of rotatable bonds is 1. The van der Waals surface area contributed by atoms with Crippen molar-refractivity contribution in [1.82, 2.24) is 15.0 Å². The zero-order chi connectivity index (χ0) is 15.1. The van der Waals surface area contributed by atoms with Crippen molar-refractivity contribution in [1.29, 1.82) is 5.26 Å². The first-order chi connectivity index (χ1) is 10.0. The van der Waals surface area contributed by atoms with Gasteiger partial charge < -0.3 is 10.7 Å². The van der Waals surface area contributed by atoms with E-state index in [-0.39, 0.29) is 22.6 Å². The Morgan fingerprint density at radius 1 is 1.29 bits per heavy atom. The molecule has 0 saturated carbocycles. The Balaban J connectivity index is 2.42. The largest absolute Gasteiger partial charge is 0.383 e. The second-order valence-electron chi connectivity index (χ2n) is 4.47. The molecule has 0 aliphatic rings. The molecule has 104 valence electrons. The van der Waals surface area contributed by atoms with Crippen molar-refractivity contribution >= 4 is 16.9 Å². The normalized spacial score (nSPS) is 10.8. The van der Waals surface area contributed by atoms with Crippen LogP contribution in [0.25, 0.3) is 22.3 Å². The van der Waals surface area contributed by atoms with Gasteiger partial charge in [-0.1, -0.05) is 6.07 Å². The standard InChI is InChI=1S/C14H9F2N5/c1-6-19-13(18)10-8(5-17)12(21-14(10)20-6)7-3-2-4-9(15)11(7)16/h2-4H,1H3,(H3,18,19,20,21). The number of nitrogens with zero attached hydrogens (tertiary/aromatic N) is 3. The quantitative estimate of drug-likeness (QED) is 0.719. The van der Waals surface area contributed by atoms with E-state index in [2.05, 4.69) is 15.0 Å². The second-order valence-corrected chi connectivity index (χ2v) is 4.47. The number of aromatic amines is 1. The smallest absolute Gasteiger partial charge is 0.168 e. The third-order valence-electron chi connectivity index (χ3n) is 3.12. The molecule has 3 N–H and O–H groups in total. The Kier molecular flexibility index (Phi) is 2.80. The van der Waals surface area contributed by atoms with Gasteiger partial charge in [0.15, 0.2) is 11.6 Å². The number of nitriles is 1. The highest BCUT2D eigenvalue weighted by molar-refractivity contribution is 5.97. The average Bonchev–Trinajstić information content (AvgIpc) is 2.80. The summed E-state index contributed by atoms with van der Waals surface area (Å²) < 4.78 is 27.3. The van der Waals surface area contributed by atoms with Gasteiger partial charge in [0.2, 0.25) is 0 Å². The van der Waals surface area contributed by atoms with Gasteiger partial charge in [-0.2, -0.15) is 5.26 Å². The topological polar surface area (TPSA) is 91.4 Å². The molecule has 0 atom stereocenters. The lowest BCUT2D eigenvalue weighted by molar-refractivity contribution is 0.511. The lowest BCUT2D eigenvalue weighted by atomic mass is 10.1. The molecule has 0 amide bonds. The number of aromatic nitrogens is 3. The molecule has 0 bridgehead atoms. The van der Waals surface area contributed by atoms with Gasteiger partial charge in [-0.05, 0) is 19.1 Å². The van der Waals surface area contributed by atoms with E-state index in [1.165, 1.54) is 12.1 Å². The molecule has 0 radical (unpaired) electrons. The molecule has 5 nitrogen and oxygen atoms in total. The number of H-pyrrole nitrogens is 1. The van der Waals surface area contributed by atoms with E-state index in [1.54, 1.807) is 6.92 Å². The summed E-state index contributed by atoms with van der Waals surface area (Å²) in [5, 5.41) is 9.63. The van der Waals surface area contributed by atoms with Crippen molar-refractivity contribution in [3.63, 3.8) is 0 Å². The number of benzene rings is 1. The van der Waals surface area contributed by atoms with Crippen LogP contribution in [0.15, 0.2) is 18.2 Å². The molecule has 1 aromatic carbocycles. The molecule has 7 heteroatoms. The molecule has 21 heavy (non-hydrogen) atoms. The Bertz CT molecular complexity index is 908. The number of nitrogen functional groups attached to an aromatic ring is 1. The minimum absolute atomic E-state index is 0.0541. The molecular formula is C14H9F2N5. The van der Waals surface area contributed by atoms with Crippen LogP contribution in [-0.4, -0.2) is 15.0 Å². The molecule has 0 spiro atoms. The molecule has 0 fully saturated rings. The van der Waals surface area contributed by atoms with Crippen LogP contribution >= 0.6 is 0 Å². The van der Waals surface area contributed by atoms with Crippen LogP contribution in [0.4, 0.5) is 14.6 Å². The van der Waals surface area contributed by atoms with E-state index < -0.39 is 11.6 Å². The molecule has 0 unspecified atom stereocenters. The van der Waals surface area contributed by atoms with Gasteiger partial charge in [-0.3, -0.25) is 0 Å². The predicted octanol–water partition coefficient (Wildman–Crippen LogP) is 2.67. The highest BCUT2D eigenvalue weighted by Crippen LogP contribution is 2.33. The van der Waals surface area contributed by atoms with E-state index in [1.807, 2.05) is 6.07 Å². The van der Waals surface area contributed by atoms with Crippen molar-refractivity contribution in [3.8, 4) is 17.3 Å². The number of nitrogens with two attached hydrogens (primary N) is 1. The van der Waals surface area contributed by atoms with Gasteiger partial charge in [0.25, 0.3) is 0 Å². The maximum absolute atomic E-state index is 13.9. The van der Waals surface area contributed by atoms with Gasteiger partial charge in [0, 0.05) is 5.56 Å². The van der Waals surface area contributed by atoms with Gasteiger partial charge in [-0.15, -0.1) is 0 Å². The lowest BCUT2D eigenvalue weighted by Crippen LogP contribution is -1.96. The third-order valence-corrected chi connectivity index (χ3v) is 3.12. The number of halogens is 2. The van der Waals surface area contributed by atoms with Crippen LogP contribution in [0, 0.1) is 29.9 Å². The van der Waals surface area contributed by atoms with Crippen LogP contribution in [0.5, 0.6) is 0 Å². The van der Waals surface area contributed by atoms with E-state index in [4.69, 9.17) is 5.73 Å². The predicted molar refractivity (Wildman–Crippen MR) is 73.1 cm³/mol. The van der Waals surface area contributed by atoms with E-state index in [9.17, 15) is 14.0 Å². The fourth-order valence-electron chi connectivity index (χ4n) is 2.25. The first-order valence-corrected chi connectivity index (χ1v) is 6.03. The molecule has 0 aliphatic carbocycles. The fraction of sp³-hybridized carbons (Fsp3) is 0.0714. The molecule has 0 aliphatic heterocycles. The number of hydrogen-bond acceptors (Lipinski definition) is 4. The summed E-state index contributed by atoms with van der Waals surface area (Å²) in [5.74, 6) is -1.50. The summed E-state index contributed by atoms with van der Waals surface area (Å²) >= 11 is 0. The SMILES string of the molecule is Cc1nc(N)c2c(C#N)c(-c3cccc(F)c3F)[nH]c2n1. The van der Waals surface area contributed by atoms with E-state index in [0.717, 1.165) is 6.07 Å². The summed E-state index contributed by atoms with van der Waals surface area (Å²) in [4.78, 5) is 10.9. The Morgan fingerprint density at radius 3 is 2.76 bits per heavy atom. The average molecular weight is 285 g/mol. The fourth-order valence-corrected chi connectivity index (χ4v) is 2.25.